The van der Waals surface area contributed by atoms with Crippen molar-refractivity contribution in [1.29, 1.82) is 0 Å². The van der Waals surface area contributed by atoms with E-state index in [1.807, 2.05) is 12.3 Å². The van der Waals surface area contributed by atoms with Gasteiger partial charge >= 0.3 is 0 Å². The van der Waals surface area contributed by atoms with E-state index in [9.17, 15) is 4.79 Å². The van der Waals surface area contributed by atoms with Crippen molar-refractivity contribution < 1.29 is 4.74 Å². The van der Waals surface area contributed by atoms with Gasteiger partial charge in [-0.1, -0.05) is 24.3 Å². The van der Waals surface area contributed by atoms with Gasteiger partial charge in [-0.05, 0) is 18.1 Å². The first-order valence-corrected chi connectivity index (χ1v) is 9.78. The van der Waals surface area contributed by atoms with Gasteiger partial charge < -0.3 is 9.64 Å². The lowest BCUT2D eigenvalue weighted by Gasteiger charge is -2.31. The summed E-state index contributed by atoms with van der Waals surface area (Å²) in [6.45, 7) is 5.18. The number of pyridine rings is 1. The van der Waals surface area contributed by atoms with Gasteiger partial charge in [0.25, 0.3) is 5.56 Å². The maximum Gasteiger partial charge on any atom is 0.255 e. The number of nitrogens with zero attached hydrogens (tertiary/aromatic N) is 4. The minimum atomic E-state index is -0.00188. The molecule has 0 saturated carbocycles. The van der Waals surface area contributed by atoms with Crippen LogP contribution in [-0.4, -0.2) is 52.7 Å². The van der Waals surface area contributed by atoms with Crippen LogP contribution in [0.25, 0.3) is 10.9 Å². The molecule has 144 valence electrons. The zero-order valence-corrected chi connectivity index (χ0v) is 15.7. The van der Waals surface area contributed by atoms with Crippen molar-refractivity contribution in [1.82, 2.24) is 19.9 Å². The second-order valence-electron chi connectivity index (χ2n) is 7.37. The Hall–Kier alpha value is -2.77. The molecule has 4 heterocycles. The molecule has 0 bridgehead atoms. The fourth-order valence-corrected chi connectivity index (χ4v) is 4.08. The van der Waals surface area contributed by atoms with Crippen molar-refractivity contribution in [3.8, 4) is 0 Å². The fraction of sp³-hybridized carbons (Fsp3) is 0.381. The van der Waals surface area contributed by atoms with Crippen LogP contribution in [-0.2, 0) is 24.2 Å². The molecule has 2 aromatic heterocycles. The molecule has 5 rings (SSSR count). The number of fused-ring (bicyclic) bond motifs is 2. The number of nitrogens with one attached hydrogen (secondary N) is 1. The molecule has 3 aromatic rings. The first-order valence-electron chi connectivity index (χ1n) is 9.78. The fourth-order valence-electron chi connectivity index (χ4n) is 4.08. The number of morpholine rings is 1. The number of aromatic amines is 1. The van der Waals surface area contributed by atoms with Crippen molar-refractivity contribution in [3.05, 3.63) is 63.7 Å². The van der Waals surface area contributed by atoms with E-state index in [0.29, 0.717) is 25.7 Å². The molecule has 0 atom stereocenters. The summed E-state index contributed by atoms with van der Waals surface area (Å²) in [5, 5.41) is 1.15. The van der Waals surface area contributed by atoms with Gasteiger partial charge in [-0.2, -0.15) is 0 Å². The molecule has 1 fully saturated rings. The number of anilines is 1. The zero-order chi connectivity index (χ0) is 18.9. The number of aromatic nitrogens is 3. The summed E-state index contributed by atoms with van der Waals surface area (Å²) in [7, 11) is 0. The summed E-state index contributed by atoms with van der Waals surface area (Å²) in [5.41, 5.74) is 3.97. The standard InChI is InChI=1S/C21H23N5O2/c27-20-17-6-8-25(13-16-4-1-3-15-5-2-7-22-19(15)16)14-18(17)23-21(24-20)26-9-11-28-12-10-26/h1-5,7H,6,8-14H2,(H,23,24,27). The smallest absolute Gasteiger partial charge is 0.255 e. The Morgan fingerprint density at radius 1 is 1.11 bits per heavy atom. The predicted octanol–water partition coefficient (Wildman–Crippen LogP) is 1.71. The maximum atomic E-state index is 12.6. The first-order chi connectivity index (χ1) is 13.8. The Morgan fingerprint density at radius 3 is 2.86 bits per heavy atom. The monoisotopic (exact) mass is 377 g/mol. The van der Waals surface area contributed by atoms with Gasteiger partial charge in [-0.3, -0.25) is 19.7 Å². The van der Waals surface area contributed by atoms with Gasteiger partial charge in [0.15, 0.2) is 0 Å². The molecule has 7 heteroatoms. The molecular formula is C21H23N5O2. The number of ether oxygens (including phenoxy) is 1. The highest BCUT2D eigenvalue weighted by Gasteiger charge is 2.23. The number of benzene rings is 1. The predicted molar refractivity (Wildman–Crippen MR) is 107 cm³/mol. The first kappa shape index (κ1) is 17.3. The second kappa shape index (κ2) is 7.33. The van der Waals surface area contributed by atoms with Gasteiger partial charge in [0.2, 0.25) is 5.95 Å². The van der Waals surface area contributed by atoms with Crippen LogP contribution in [0.1, 0.15) is 16.8 Å². The van der Waals surface area contributed by atoms with Crippen molar-refractivity contribution in [2.45, 2.75) is 19.5 Å². The van der Waals surface area contributed by atoms with E-state index in [0.717, 1.165) is 54.8 Å². The summed E-state index contributed by atoms with van der Waals surface area (Å²) < 4.78 is 5.41. The van der Waals surface area contributed by atoms with Crippen molar-refractivity contribution >= 4 is 16.9 Å². The van der Waals surface area contributed by atoms with E-state index >= 15 is 0 Å². The van der Waals surface area contributed by atoms with E-state index in [-0.39, 0.29) is 5.56 Å². The van der Waals surface area contributed by atoms with Crippen LogP contribution in [0, 0.1) is 0 Å². The molecule has 7 nitrogen and oxygen atoms in total. The lowest BCUT2D eigenvalue weighted by atomic mass is 10.0. The van der Waals surface area contributed by atoms with Crippen LogP contribution in [0.5, 0.6) is 0 Å². The summed E-state index contributed by atoms with van der Waals surface area (Å²) in [5.74, 6) is 0.667. The molecule has 0 spiro atoms. The lowest BCUT2D eigenvalue weighted by Crippen LogP contribution is -2.40. The van der Waals surface area contributed by atoms with Gasteiger partial charge in [-0.25, -0.2) is 4.98 Å². The summed E-state index contributed by atoms with van der Waals surface area (Å²) in [4.78, 5) is 29.4. The zero-order valence-electron chi connectivity index (χ0n) is 15.7. The molecule has 0 radical (unpaired) electrons. The van der Waals surface area contributed by atoms with Crippen LogP contribution in [0.4, 0.5) is 5.95 Å². The van der Waals surface area contributed by atoms with Crippen LogP contribution >= 0.6 is 0 Å². The molecule has 1 N–H and O–H groups in total. The highest BCUT2D eigenvalue weighted by molar-refractivity contribution is 5.81. The summed E-state index contributed by atoms with van der Waals surface area (Å²) >= 11 is 0. The Bertz CT molecular complexity index is 1050. The largest absolute Gasteiger partial charge is 0.378 e. The van der Waals surface area contributed by atoms with Crippen LogP contribution in [0.15, 0.2) is 41.3 Å². The average Bonchev–Trinajstić information content (AvgIpc) is 2.74. The quantitative estimate of drug-likeness (QED) is 0.749. The third-order valence-electron chi connectivity index (χ3n) is 5.56. The number of rotatable bonds is 3. The van der Waals surface area contributed by atoms with E-state index in [2.05, 4.69) is 44.0 Å². The molecular weight excluding hydrogens is 354 g/mol. The topological polar surface area (TPSA) is 74.3 Å². The summed E-state index contributed by atoms with van der Waals surface area (Å²) in [6.07, 6.45) is 2.56. The van der Waals surface area contributed by atoms with E-state index in [4.69, 9.17) is 9.72 Å². The normalized spacial score (nSPS) is 17.6. The molecule has 1 aromatic carbocycles. The second-order valence-corrected chi connectivity index (χ2v) is 7.37. The third kappa shape index (κ3) is 3.27. The van der Waals surface area contributed by atoms with E-state index in [1.54, 1.807) is 0 Å². The molecule has 0 unspecified atom stereocenters. The van der Waals surface area contributed by atoms with Gasteiger partial charge in [-0.15, -0.1) is 0 Å². The van der Waals surface area contributed by atoms with E-state index < -0.39 is 0 Å². The number of hydrogen-bond acceptors (Lipinski definition) is 6. The highest BCUT2D eigenvalue weighted by atomic mass is 16.5. The average molecular weight is 377 g/mol. The van der Waals surface area contributed by atoms with Gasteiger partial charge in [0.1, 0.15) is 0 Å². The minimum Gasteiger partial charge on any atom is -0.378 e. The molecule has 0 amide bonds. The summed E-state index contributed by atoms with van der Waals surface area (Å²) in [6, 6.07) is 10.4. The Kier molecular flexibility index (Phi) is 4.54. The Morgan fingerprint density at radius 2 is 1.96 bits per heavy atom. The van der Waals surface area contributed by atoms with Gasteiger partial charge in [0, 0.05) is 49.9 Å². The Labute approximate surface area is 163 Å². The SMILES string of the molecule is O=c1[nH]c(N2CCOCC2)nc2c1CCN(Cc1cccc3cccnc13)C2. The molecule has 2 aliphatic rings. The minimum absolute atomic E-state index is 0.00188. The van der Waals surface area contributed by atoms with Crippen molar-refractivity contribution in [2.75, 3.05) is 37.7 Å². The van der Waals surface area contributed by atoms with Gasteiger partial charge in [0.05, 0.1) is 24.4 Å². The molecule has 28 heavy (non-hydrogen) atoms. The molecule has 0 aliphatic carbocycles. The highest BCUT2D eigenvalue weighted by Crippen LogP contribution is 2.22. The number of H-pyrrole nitrogens is 1. The van der Waals surface area contributed by atoms with Crippen molar-refractivity contribution in [3.63, 3.8) is 0 Å². The third-order valence-corrected chi connectivity index (χ3v) is 5.56. The number of para-hydroxylation sites is 1. The lowest BCUT2D eigenvalue weighted by molar-refractivity contribution is 0.122. The Balaban J connectivity index is 1.41. The van der Waals surface area contributed by atoms with E-state index in [1.165, 1.54) is 5.56 Å². The molecule has 2 aliphatic heterocycles. The van der Waals surface area contributed by atoms with Crippen molar-refractivity contribution in [2.24, 2.45) is 0 Å². The van der Waals surface area contributed by atoms with Crippen LogP contribution < -0.4 is 10.5 Å². The number of hydrogen-bond donors (Lipinski definition) is 1. The molecule has 1 saturated heterocycles. The van der Waals surface area contributed by atoms with Crippen LogP contribution in [0.3, 0.4) is 0 Å². The maximum absolute atomic E-state index is 12.6. The van der Waals surface area contributed by atoms with Crippen LogP contribution in [0.2, 0.25) is 0 Å².